The number of rotatable bonds is 3. The summed E-state index contributed by atoms with van der Waals surface area (Å²) in [5, 5.41) is 7.64. The van der Waals surface area contributed by atoms with Gasteiger partial charge < -0.3 is 10.1 Å². The van der Waals surface area contributed by atoms with Gasteiger partial charge in [0.1, 0.15) is 12.4 Å². The number of ether oxygens (including phenoxy) is 1. The smallest absolute Gasteiger partial charge is 0.255 e. The highest BCUT2D eigenvalue weighted by molar-refractivity contribution is 6.31. The Morgan fingerprint density at radius 2 is 2.08 bits per heavy atom. The molecule has 2 aromatic carbocycles. The van der Waals surface area contributed by atoms with Crippen molar-refractivity contribution in [3.05, 3.63) is 76.6 Å². The van der Waals surface area contributed by atoms with Crippen molar-refractivity contribution in [2.75, 3.05) is 13.2 Å². The van der Waals surface area contributed by atoms with Crippen LogP contribution < -0.4 is 10.1 Å². The van der Waals surface area contributed by atoms with E-state index in [9.17, 15) is 4.79 Å². The number of carbonyl (C=O) groups is 1. The van der Waals surface area contributed by atoms with E-state index in [1.54, 1.807) is 16.9 Å². The standard InChI is InChI=1S/C19H16ClN3O2/c20-17-12-18-16(19(24)21-7-9-25-18)11-14(17)10-13-2-4-15(5-3-13)23-8-1-6-22-23/h1-6,8,11-12H,7,9-10H2,(H,21,24). The first-order valence-electron chi connectivity index (χ1n) is 8.03. The molecule has 0 fully saturated rings. The molecule has 0 radical (unpaired) electrons. The van der Waals surface area contributed by atoms with Crippen molar-refractivity contribution in [3.63, 3.8) is 0 Å². The van der Waals surface area contributed by atoms with E-state index in [0.717, 1.165) is 16.8 Å². The van der Waals surface area contributed by atoms with Crippen LogP contribution in [0.4, 0.5) is 0 Å². The summed E-state index contributed by atoms with van der Waals surface area (Å²) in [4.78, 5) is 12.2. The molecule has 25 heavy (non-hydrogen) atoms. The summed E-state index contributed by atoms with van der Waals surface area (Å²) in [6, 6.07) is 13.5. The van der Waals surface area contributed by atoms with Crippen molar-refractivity contribution in [1.29, 1.82) is 0 Å². The van der Waals surface area contributed by atoms with E-state index in [2.05, 4.69) is 10.4 Å². The minimum Gasteiger partial charge on any atom is -0.491 e. The molecule has 0 unspecified atom stereocenters. The molecule has 3 aromatic rings. The van der Waals surface area contributed by atoms with Gasteiger partial charge >= 0.3 is 0 Å². The van der Waals surface area contributed by atoms with Gasteiger partial charge in [0.25, 0.3) is 5.91 Å². The molecule has 0 saturated heterocycles. The molecule has 1 aliphatic rings. The molecule has 0 aliphatic carbocycles. The predicted octanol–water partition coefficient (Wildman–Crippen LogP) is 3.24. The van der Waals surface area contributed by atoms with E-state index in [1.165, 1.54) is 0 Å². The van der Waals surface area contributed by atoms with Crippen LogP contribution in [-0.4, -0.2) is 28.8 Å². The van der Waals surface area contributed by atoms with Gasteiger partial charge in [0.05, 0.1) is 17.8 Å². The summed E-state index contributed by atoms with van der Waals surface area (Å²) in [7, 11) is 0. The second-order valence-electron chi connectivity index (χ2n) is 5.84. The van der Waals surface area contributed by atoms with Crippen LogP contribution in [0.5, 0.6) is 5.75 Å². The summed E-state index contributed by atoms with van der Waals surface area (Å²) in [6.07, 6.45) is 4.28. The van der Waals surface area contributed by atoms with Gasteiger partial charge in [-0.15, -0.1) is 0 Å². The van der Waals surface area contributed by atoms with Crippen LogP contribution in [0.25, 0.3) is 5.69 Å². The van der Waals surface area contributed by atoms with E-state index in [1.807, 2.05) is 42.6 Å². The maximum absolute atomic E-state index is 12.2. The third-order valence-corrected chi connectivity index (χ3v) is 4.49. The summed E-state index contributed by atoms with van der Waals surface area (Å²) in [5.41, 5.74) is 3.53. The predicted molar refractivity (Wildman–Crippen MR) is 95.7 cm³/mol. The van der Waals surface area contributed by atoms with E-state index < -0.39 is 0 Å². The molecule has 0 saturated carbocycles. The largest absolute Gasteiger partial charge is 0.491 e. The second-order valence-corrected chi connectivity index (χ2v) is 6.25. The van der Waals surface area contributed by atoms with Crippen LogP contribution in [0.15, 0.2) is 54.9 Å². The van der Waals surface area contributed by atoms with E-state index in [4.69, 9.17) is 16.3 Å². The summed E-state index contributed by atoms with van der Waals surface area (Å²) in [5.74, 6) is 0.414. The van der Waals surface area contributed by atoms with Crippen molar-refractivity contribution >= 4 is 17.5 Å². The zero-order valence-electron chi connectivity index (χ0n) is 13.4. The lowest BCUT2D eigenvalue weighted by atomic mass is 10.0. The summed E-state index contributed by atoms with van der Waals surface area (Å²) >= 11 is 6.40. The monoisotopic (exact) mass is 353 g/mol. The molecule has 1 aliphatic heterocycles. The molecular weight excluding hydrogens is 338 g/mol. The third-order valence-electron chi connectivity index (χ3n) is 4.14. The zero-order chi connectivity index (χ0) is 17.2. The Morgan fingerprint density at radius 3 is 2.84 bits per heavy atom. The topological polar surface area (TPSA) is 56.1 Å². The molecule has 5 nitrogen and oxygen atoms in total. The number of fused-ring (bicyclic) bond motifs is 1. The van der Waals surface area contributed by atoms with Gasteiger partial charge in [-0.05, 0) is 47.9 Å². The second kappa shape index (κ2) is 6.61. The normalized spacial score (nSPS) is 13.6. The van der Waals surface area contributed by atoms with Crippen LogP contribution in [0.3, 0.4) is 0 Å². The number of nitrogens with zero attached hydrogens (tertiary/aromatic N) is 2. The Kier molecular flexibility index (Phi) is 4.15. The number of carbonyl (C=O) groups excluding carboxylic acids is 1. The molecular formula is C19H16ClN3O2. The minimum absolute atomic E-state index is 0.126. The molecule has 0 spiro atoms. The number of hydrogen-bond acceptors (Lipinski definition) is 3. The molecule has 6 heteroatoms. The average Bonchev–Trinajstić information content (AvgIpc) is 3.10. The first-order chi connectivity index (χ1) is 12.2. The molecule has 4 rings (SSSR count). The van der Waals surface area contributed by atoms with Gasteiger partial charge in [-0.25, -0.2) is 4.68 Å². The first-order valence-corrected chi connectivity index (χ1v) is 8.41. The summed E-state index contributed by atoms with van der Waals surface area (Å²) in [6.45, 7) is 0.943. The number of amides is 1. The Hall–Kier alpha value is -2.79. The Bertz CT molecular complexity index is 905. The number of hydrogen-bond donors (Lipinski definition) is 1. The summed E-state index contributed by atoms with van der Waals surface area (Å²) < 4.78 is 7.39. The molecule has 1 N–H and O–H groups in total. The maximum Gasteiger partial charge on any atom is 0.255 e. The lowest BCUT2D eigenvalue weighted by Gasteiger charge is -2.11. The van der Waals surface area contributed by atoms with Gasteiger partial charge in [-0.1, -0.05) is 23.7 Å². The van der Waals surface area contributed by atoms with Crippen LogP contribution in [0, 0.1) is 0 Å². The molecule has 2 heterocycles. The maximum atomic E-state index is 12.2. The molecule has 0 bridgehead atoms. The van der Waals surface area contributed by atoms with Crippen LogP contribution in [0.1, 0.15) is 21.5 Å². The third kappa shape index (κ3) is 3.23. The first kappa shape index (κ1) is 15.7. The minimum atomic E-state index is -0.126. The Morgan fingerprint density at radius 1 is 1.24 bits per heavy atom. The van der Waals surface area contributed by atoms with Crippen LogP contribution in [0.2, 0.25) is 5.02 Å². The van der Waals surface area contributed by atoms with Gasteiger partial charge in [0.15, 0.2) is 0 Å². The SMILES string of the molecule is O=C1NCCOc2cc(Cl)c(Cc3ccc(-n4cccn4)cc3)cc21. The quantitative estimate of drug-likeness (QED) is 0.786. The number of aromatic nitrogens is 2. The van der Waals surface area contributed by atoms with Crippen LogP contribution >= 0.6 is 11.6 Å². The van der Waals surface area contributed by atoms with Crippen molar-refractivity contribution in [3.8, 4) is 11.4 Å². The highest BCUT2D eigenvalue weighted by Gasteiger charge is 2.19. The molecule has 1 aromatic heterocycles. The Labute approximate surface area is 150 Å². The van der Waals surface area contributed by atoms with Gasteiger partial charge in [0, 0.05) is 17.4 Å². The van der Waals surface area contributed by atoms with Crippen molar-refractivity contribution in [1.82, 2.24) is 15.1 Å². The molecule has 126 valence electrons. The van der Waals surface area contributed by atoms with Crippen molar-refractivity contribution < 1.29 is 9.53 Å². The molecule has 0 atom stereocenters. The zero-order valence-corrected chi connectivity index (χ0v) is 14.2. The van der Waals surface area contributed by atoms with Crippen LogP contribution in [-0.2, 0) is 6.42 Å². The molecule has 1 amide bonds. The van der Waals surface area contributed by atoms with E-state index in [0.29, 0.717) is 35.9 Å². The van der Waals surface area contributed by atoms with E-state index in [-0.39, 0.29) is 5.91 Å². The average molecular weight is 354 g/mol. The lowest BCUT2D eigenvalue weighted by molar-refractivity contribution is 0.0957. The number of halogens is 1. The van der Waals surface area contributed by atoms with Crippen molar-refractivity contribution in [2.24, 2.45) is 0 Å². The highest BCUT2D eigenvalue weighted by atomic mass is 35.5. The number of nitrogens with one attached hydrogen (secondary N) is 1. The number of benzene rings is 2. The van der Waals surface area contributed by atoms with Crippen molar-refractivity contribution in [2.45, 2.75) is 6.42 Å². The fraction of sp³-hybridized carbons (Fsp3) is 0.158. The van der Waals surface area contributed by atoms with E-state index >= 15 is 0 Å². The fourth-order valence-corrected chi connectivity index (χ4v) is 3.08. The lowest BCUT2D eigenvalue weighted by Crippen LogP contribution is -2.24. The fourth-order valence-electron chi connectivity index (χ4n) is 2.86. The van der Waals surface area contributed by atoms with Gasteiger partial charge in [-0.3, -0.25) is 4.79 Å². The Balaban J connectivity index is 1.61. The highest BCUT2D eigenvalue weighted by Crippen LogP contribution is 2.30. The van der Waals surface area contributed by atoms with Gasteiger partial charge in [0.2, 0.25) is 0 Å². The van der Waals surface area contributed by atoms with Gasteiger partial charge in [-0.2, -0.15) is 5.10 Å².